The highest BCUT2D eigenvalue weighted by Crippen LogP contribution is 2.06. The summed E-state index contributed by atoms with van der Waals surface area (Å²) in [7, 11) is -4.52. The molecule has 0 unspecified atom stereocenters. The van der Waals surface area contributed by atoms with Gasteiger partial charge in [-0.05, 0) is 0 Å². The summed E-state index contributed by atoms with van der Waals surface area (Å²) in [5, 5.41) is 10.2. The Bertz CT molecular complexity index is 337. The first-order chi connectivity index (χ1) is 7.24. The van der Waals surface area contributed by atoms with Crippen molar-refractivity contribution < 1.29 is 31.8 Å². The van der Waals surface area contributed by atoms with Gasteiger partial charge in [-0.1, -0.05) is 0 Å². The van der Waals surface area contributed by atoms with Crippen LogP contribution in [-0.2, 0) is 0 Å². The summed E-state index contributed by atoms with van der Waals surface area (Å²) in [5.74, 6) is 0. The van der Waals surface area contributed by atoms with Crippen molar-refractivity contribution in [2.45, 2.75) is 0 Å². The van der Waals surface area contributed by atoms with Gasteiger partial charge in [0.15, 0.2) is 0 Å². The predicted octanol–water partition coefficient (Wildman–Crippen LogP) is 1.24. The summed E-state index contributed by atoms with van der Waals surface area (Å²) in [6, 6.07) is 2.73. The number of hydrogen-bond acceptors (Lipinski definition) is 3. The Morgan fingerprint density at radius 2 is 1.69 bits per heavy atom. The molecule has 0 aromatic carbocycles. The van der Waals surface area contributed by atoms with Gasteiger partial charge in [0.2, 0.25) is 12.4 Å². The minimum Gasteiger partial charge on any atom is -0.418 e. The Kier molecular flexibility index (Phi) is 5.20. The van der Waals surface area contributed by atoms with Crippen LogP contribution in [0, 0.1) is 10.1 Å². The molecule has 1 heterocycles. The normalized spacial score (nSPS) is 10.1. The van der Waals surface area contributed by atoms with Crippen LogP contribution in [0.3, 0.4) is 0 Å². The van der Waals surface area contributed by atoms with Crippen LogP contribution < -0.4 is 9.57 Å². The molecule has 0 atom stereocenters. The second kappa shape index (κ2) is 5.88. The molecule has 0 saturated heterocycles. The van der Waals surface area contributed by atoms with Gasteiger partial charge in [-0.15, -0.1) is 0 Å². The molecule has 0 bridgehead atoms. The number of halogens is 4. The Balaban J connectivity index is 0.000000385. The van der Waals surface area contributed by atoms with E-state index in [4.69, 9.17) is 4.84 Å². The highest BCUT2D eigenvalue weighted by Gasteiger charge is 2.20. The van der Waals surface area contributed by atoms with Gasteiger partial charge in [-0.3, -0.25) is 15.0 Å². The van der Waals surface area contributed by atoms with Crippen molar-refractivity contribution in [1.82, 2.24) is 0 Å². The summed E-state index contributed by atoms with van der Waals surface area (Å²) >= 11 is 0. The molecule has 1 aromatic rings. The SMILES string of the molecule is CO[n+]1ccc([N+](=O)[O-])cc1.F[B-](F)(F)F. The number of hydrogen-bond donors (Lipinski definition) is 0. The minimum absolute atomic E-state index is 0.0540. The van der Waals surface area contributed by atoms with Crippen molar-refractivity contribution in [2.24, 2.45) is 0 Å². The lowest BCUT2D eigenvalue weighted by molar-refractivity contribution is -0.885. The second-order valence-corrected chi connectivity index (χ2v) is 2.35. The van der Waals surface area contributed by atoms with Gasteiger partial charge in [0, 0.05) is 4.73 Å². The van der Waals surface area contributed by atoms with Crippen LogP contribution in [0.5, 0.6) is 0 Å². The van der Waals surface area contributed by atoms with Crippen molar-refractivity contribution in [3.63, 3.8) is 0 Å². The van der Waals surface area contributed by atoms with Crippen LogP contribution >= 0.6 is 0 Å². The predicted molar refractivity (Wildman–Crippen MR) is 46.0 cm³/mol. The van der Waals surface area contributed by atoms with Crippen LogP contribution in [0.1, 0.15) is 0 Å². The Hall–Kier alpha value is -1.87. The number of nitrogens with zero attached hydrogens (tertiary/aromatic N) is 2. The lowest BCUT2D eigenvalue weighted by Crippen LogP contribution is -2.39. The maximum absolute atomic E-state index is 10.2. The molecule has 0 N–H and O–H groups in total. The summed E-state index contributed by atoms with van der Waals surface area (Å²) in [6.45, 7) is 0. The zero-order chi connectivity index (χ0) is 12.8. The highest BCUT2D eigenvalue weighted by molar-refractivity contribution is 6.50. The topological polar surface area (TPSA) is 56.2 Å². The summed E-state index contributed by atoms with van der Waals surface area (Å²) < 4.78 is 40.4. The van der Waals surface area contributed by atoms with Gasteiger partial charge in [0.1, 0.15) is 7.11 Å². The molecule has 0 spiro atoms. The molecule has 5 nitrogen and oxygen atoms in total. The third kappa shape index (κ3) is 7.53. The molecule has 0 amide bonds. The molecule has 1 rings (SSSR count). The smallest absolute Gasteiger partial charge is 0.418 e. The zero-order valence-corrected chi connectivity index (χ0v) is 8.02. The zero-order valence-electron chi connectivity index (χ0n) is 8.02. The van der Waals surface area contributed by atoms with E-state index < -0.39 is 12.2 Å². The molecule has 0 fully saturated rings. The first-order valence-electron chi connectivity index (χ1n) is 3.81. The Morgan fingerprint density at radius 3 is 1.94 bits per heavy atom. The van der Waals surface area contributed by atoms with E-state index in [0.717, 1.165) is 0 Å². The maximum atomic E-state index is 10.2. The average molecular weight is 242 g/mol. The molecule has 0 radical (unpaired) electrons. The van der Waals surface area contributed by atoms with Gasteiger partial charge < -0.3 is 17.3 Å². The fourth-order valence-electron chi connectivity index (χ4n) is 0.648. The molecular formula is C6H7BF4N2O3. The van der Waals surface area contributed by atoms with E-state index in [1.165, 1.54) is 36.4 Å². The van der Waals surface area contributed by atoms with Gasteiger partial charge >= 0.3 is 7.25 Å². The highest BCUT2D eigenvalue weighted by atomic mass is 19.5. The largest absolute Gasteiger partial charge is 0.673 e. The lowest BCUT2D eigenvalue weighted by Gasteiger charge is -1.94. The maximum Gasteiger partial charge on any atom is 0.673 e. The summed E-state index contributed by atoms with van der Waals surface area (Å²) in [4.78, 5) is 14.4. The van der Waals surface area contributed by atoms with E-state index >= 15 is 0 Å². The number of nitro groups is 1. The Labute approximate surface area is 87.5 Å². The quantitative estimate of drug-likeness (QED) is 0.258. The standard InChI is InChI=1S/C6H7N2O3.BF4/c1-11-7-4-2-6(3-5-7)8(9)10;2-1(3,4)5/h2-5H,1H3;/q+1;-1. The van der Waals surface area contributed by atoms with E-state index in [1.807, 2.05) is 0 Å². The van der Waals surface area contributed by atoms with Gasteiger partial charge in [-0.25, -0.2) is 0 Å². The summed E-state index contributed by atoms with van der Waals surface area (Å²) in [6.07, 6.45) is 2.94. The number of pyridine rings is 1. The third-order valence-corrected chi connectivity index (χ3v) is 1.21. The first kappa shape index (κ1) is 14.1. The van der Waals surface area contributed by atoms with E-state index in [0.29, 0.717) is 0 Å². The van der Waals surface area contributed by atoms with Crippen molar-refractivity contribution in [1.29, 1.82) is 0 Å². The molecule has 0 aliphatic carbocycles. The van der Waals surface area contributed by atoms with Crippen molar-refractivity contribution >= 4 is 12.9 Å². The van der Waals surface area contributed by atoms with Crippen molar-refractivity contribution in [2.75, 3.05) is 7.11 Å². The second-order valence-electron chi connectivity index (χ2n) is 2.35. The molecular weight excluding hydrogens is 235 g/mol. The van der Waals surface area contributed by atoms with Gasteiger partial charge in [0.25, 0.3) is 5.69 Å². The van der Waals surface area contributed by atoms with Crippen molar-refractivity contribution in [3.05, 3.63) is 34.6 Å². The van der Waals surface area contributed by atoms with Crippen molar-refractivity contribution in [3.8, 4) is 0 Å². The molecule has 90 valence electrons. The average Bonchev–Trinajstić information content (AvgIpc) is 2.15. The van der Waals surface area contributed by atoms with Crippen LogP contribution in [0.25, 0.3) is 0 Å². The minimum atomic E-state index is -6.00. The summed E-state index contributed by atoms with van der Waals surface area (Å²) in [5.41, 5.74) is 0.0540. The van der Waals surface area contributed by atoms with Crippen LogP contribution in [0.15, 0.2) is 24.5 Å². The monoisotopic (exact) mass is 242 g/mol. The van der Waals surface area contributed by atoms with E-state index in [9.17, 15) is 27.4 Å². The molecule has 1 aromatic heterocycles. The van der Waals surface area contributed by atoms with E-state index in [2.05, 4.69) is 0 Å². The van der Waals surface area contributed by atoms with E-state index in [-0.39, 0.29) is 5.69 Å². The fraction of sp³-hybridized carbons (Fsp3) is 0.167. The van der Waals surface area contributed by atoms with Crippen LogP contribution in [0.4, 0.5) is 23.0 Å². The lowest BCUT2D eigenvalue weighted by atomic mass is 10.3. The fourth-order valence-corrected chi connectivity index (χ4v) is 0.648. The number of rotatable bonds is 2. The van der Waals surface area contributed by atoms with Crippen LogP contribution in [-0.4, -0.2) is 19.3 Å². The molecule has 0 saturated carbocycles. The van der Waals surface area contributed by atoms with Gasteiger partial charge in [-0.2, -0.15) is 0 Å². The Morgan fingerprint density at radius 1 is 1.31 bits per heavy atom. The molecule has 10 heteroatoms. The van der Waals surface area contributed by atoms with E-state index in [1.54, 1.807) is 0 Å². The van der Waals surface area contributed by atoms with Gasteiger partial charge in [0.05, 0.1) is 17.1 Å². The molecule has 0 aliphatic rings. The number of aromatic nitrogens is 1. The third-order valence-electron chi connectivity index (χ3n) is 1.21. The van der Waals surface area contributed by atoms with Crippen LogP contribution in [0.2, 0.25) is 0 Å². The molecule has 16 heavy (non-hydrogen) atoms. The molecule has 0 aliphatic heterocycles. The first-order valence-corrected chi connectivity index (χ1v) is 3.81.